The minimum atomic E-state index is -3.13. The lowest BCUT2D eigenvalue weighted by Crippen LogP contribution is -2.16. The molecule has 0 amide bonds. The van der Waals surface area contributed by atoms with Gasteiger partial charge in [-0.05, 0) is 13.8 Å². The molecule has 0 aromatic carbocycles. The Kier molecular flexibility index (Phi) is 7.00. The van der Waals surface area contributed by atoms with Gasteiger partial charge in [0.05, 0.1) is 25.5 Å². The first-order valence-electron chi connectivity index (χ1n) is 4.20. The molecule has 80 valence electrons. The van der Waals surface area contributed by atoms with E-state index >= 15 is 0 Å². The maximum Gasteiger partial charge on any atom is 0.333 e. The van der Waals surface area contributed by atoms with Crippen LogP contribution in [0.15, 0.2) is 0 Å². The summed E-state index contributed by atoms with van der Waals surface area (Å²) in [6.07, 6.45) is -0.886. The topological polar surface area (TPSA) is 55.8 Å². The number of aliphatic hydroxyl groups is 1. The zero-order valence-electron chi connectivity index (χ0n) is 7.90. The van der Waals surface area contributed by atoms with Gasteiger partial charge in [-0.25, -0.2) is 0 Å². The van der Waals surface area contributed by atoms with E-state index in [1.807, 2.05) is 0 Å². The Morgan fingerprint density at radius 1 is 1.38 bits per heavy atom. The number of alkyl halides is 1. The van der Waals surface area contributed by atoms with Gasteiger partial charge in [0, 0.05) is 5.88 Å². The van der Waals surface area contributed by atoms with Crippen molar-refractivity contribution in [1.29, 1.82) is 0 Å². The second kappa shape index (κ2) is 6.80. The summed E-state index contributed by atoms with van der Waals surface area (Å²) in [6.45, 7) is 4.04. The molecule has 0 aliphatic rings. The molecular formula is C7H16ClO4P. The monoisotopic (exact) mass is 230 g/mol. The van der Waals surface area contributed by atoms with E-state index in [0.717, 1.165) is 0 Å². The first kappa shape index (κ1) is 13.4. The molecular weight excluding hydrogens is 214 g/mol. The van der Waals surface area contributed by atoms with Crippen molar-refractivity contribution in [3.63, 3.8) is 0 Å². The second-order valence-corrected chi connectivity index (χ2v) is 4.85. The number of hydrogen-bond acceptors (Lipinski definition) is 4. The predicted octanol–water partition coefficient (Wildman–Crippen LogP) is 1.85. The molecule has 0 heterocycles. The molecule has 1 atom stereocenters. The van der Waals surface area contributed by atoms with Gasteiger partial charge in [0.1, 0.15) is 0 Å². The number of rotatable bonds is 7. The fourth-order valence-corrected chi connectivity index (χ4v) is 2.82. The van der Waals surface area contributed by atoms with E-state index in [-0.39, 0.29) is 12.0 Å². The van der Waals surface area contributed by atoms with Gasteiger partial charge in [-0.15, -0.1) is 11.6 Å². The smallest absolute Gasteiger partial charge is 0.333 e. The Morgan fingerprint density at radius 3 is 2.15 bits per heavy atom. The van der Waals surface area contributed by atoms with Crippen LogP contribution in [-0.2, 0) is 13.6 Å². The zero-order valence-corrected chi connectivity index (χ0v) is 9.55. The van der Waals surface area contributed by atoms with Crippen LogP contribution in [0.2, 0.25) is 0 Å². The summed E-state index contributed by atoms with van der Waals surface area (Å²) in [5.74, 6) is 0.0319. The van der Waals surface area contributed by atoms with E-state index in [1.165, 1.54) is 0 Å². The van der Waals surface area contributed by atoms with Crippen LogP contribution < -0.4 is 0 Å². The standard InChI is InChI=1S/C7H16ClO4P/c1-3-11-13(10,12-4-2)6-7(9)5-8/h7,9H,3-6H2,1-2H3. The van der Waals surface area contributed by atoms with Crippen LogP contribution in [0, 0.1) is 0 Å². The van der Waals surface area contributed by atoms with Gasteiger partial charge >= 0.3 is 7.60 Å². The normalized spacial score (nSPS) is 14.5. The first-order chi connectivity index (χ1) is 6.08. The van der Waals surface area contributed by atoms with Crippen molar-refractivity contribution in [3.05, 3.63) is 0 Å². The van der Waals surface area contributed by atoms with Gasteiger partial charge < -0.3 is 14.2 Å². The molecule has 0 aromatic heterocycles. The summed E-state index contributed by atoms with van der Waals surface area (Å²) < 4.78 is 21.6. The van der Waals surface area contributed by atoms with Gasteiger partial charge in [-0.2, -0.15) is 0 Å². The van der Waals surface area contributed by atoms with Gasteiger partial charge in [-0.1, -0.05) is 0 Å². The fraction of sp³-hybridized carbons (Fsp3) is 1.00. The van der Waals surface area contributed by atoms with Crippen molar-refractivity contribution in [1.82, 2.24) is 0 Å². The second-order valence-electron chi connectivity index (χ2n) is 2.44. The van der Waals surface area contributed by atoms with Crippen LogP contribution in [0.1, 0.15) is 13.8 Å². The van der Waals surface area contributed by atoms with Crippen molar-refractivity contribution < 1.29 is 18.7 Å². The number of aliphatic hydroxyl groups excluding tert-OH is 1. The van der Waals surface area contributed by atoms with E-state index in [2.05, 4.69) is 0 Å². The van der Waals surface area contributed by atoms with Crippen molar-refractivity contribution in [3.8, 4) is 0 Å². The summed E-state index contributed by atoms with van der Waals surface area (Å²) in [6, 6.07) is 0. The molecule has 1 unspecified atom stereocenters. The molecule has 0 fully saturated rings. The lowest BCUT2D eigenvalue weighted by molar-refractivity contribution is 0.182. The Labute approximate surface area is 83.7 Å². The maximum atomic E-state index is 11.7. The molecule has 0 aliphatic carbocycles. The molecule has 0 aliphatic heterocycles. The van der Waals surface area contributed by atoms with Crippen LogP contribution in [0.5, 0.6) is 0 Å². The molecule has 0 saturated carbocycles. The average molecular weight is 231 g/mol. The van der Waals surface area contributed by atoms with E-state index in [4.69, 9.17) is 20.6 Å². The summed E-state index contributed by atoms with van der Waals surface area (Å²) in [5.41, 5.74) is 0. The third kappa shape index (κ3) is 5.66. The van der Waals surface area contributed by atoms with Crippen molar-refractivity contribution >= 4 is 19.2 Å². The van der Waals surface area contributed by atoms with E-state index < -0.39 is 13.7 Å². The Bertz CT molecular complexity index is 166. The summed E-state index contributed by atoms with van der Waals surface area (Å²) in [7, 11) is -3.13. The molecule has 0 saturated heterocycles. The zero-order chi connectivity index (χ0) is 10.3. The van der Waals surface area contributed by atoms with Gasteiger partial charge in [0.2, 0.25) is 0 Å². The van der Waals surface area contributed by atoms with E-state index in [1.54, 1.807) is 13.8 Å². The molecule has 0 aromatic rings. The molecule has 6 heteroatoms. The average Bonchev–Trinajstić information content (AvgIpc) is 2.04. The quantitative estimate of drug-likeness (QED) is 0.536. The SMILES string of the molecule is CCOP(=O)(CC(O)CCl)OCC. The van der Waals surface area contributed by atoms with Gasteiger partial charge in [-0.3, -0.25) is 4.57 Å². The van der Waals surface area contributed by atoms with E-state index in [9.17, 15) is 9.67 Å². The van der Waals surface area contributed by atoms with E-state index in [0.29, 0.717) is 13.2 Å². The van der Waals surface area contributed by atoms with Crippen LogP contribution in [-0.4, -0.2) is 36.5 Å². The third-order valence-corrected chi connectivity index (χ3v) is 3.79. The third-order valence-electron chi connectivity index (χ3n) is 1.26. The molecule has 1 N–H and O–H groups in total. The van der Waals surface area contributed by atoms with Crippen LogP contribution in [0.4, 0.5) is 0 Å². The lowest BCUT2D eigenvalue weighted by atomic mass is 10.5. The van der Waals surface area contributed by atoms with Gasteiger partial charge in [0.15, 0.2) is 0 Å². The Balaban J connectivity index is 4.14. The Hall–Kier alpha value is 0.400. The number of hydrogen-bond donors (Lipinski definition) is 1. The predicted molar refractivity (Wildman–Crippen MR) is 52.5 cm³/mol. The van der Waals surface area contributed by atoms with Gasteiger partial charge in [0.25, 0.3) is 0 Å². The minimum Gasteiger partial charge on any atom is -0.391 e. The highest BCUT2D eigenvalue weighted by molar-refractivity contribution is 7.53. The summed E-state index contributed by atoms with van der Waals surface area (Å²) in [5, 5.41) is 9.18. The first-order valence-corrected chi connectivity index (χ1v) is 6.46. The van der Waals surface area contributed by atoms with Crippen LogP contribution >= 0.6 is 19.2 Å². The number of halogens is 1. The Morgan fingerprint density at radius 2 is 1.85 bits per heavy atom. The lowest BCUT2D eigenvalue weighted by Gasteiger charge is -2.18. The highest BCUT2D eigenvalue weighted by Gasteiger charge is 2.26. The van der Waals surface area contributed by atoms with Crippen molar-refractivity contribution in [2.75, 3.05) is 25.3 Å². The molecule has 0 bridgehead atoms. The molecule has 0 spiro atoms. The molecule has 4 nitrogen and oxygen atoms in total. The highest BCUT2D eigenvalue weighted by Crippen LogP contribution is 2.48. The van der Waals surface area contributed by atoms with Crippen molar-refractivity contribution in [2.45, 2.75) is 20.0 Å². The molecule has 0 rings (SSSR count). The fourth-order valence-electron chi connectivity index (χ4n) is 0.843. The minimum absolute atomic E-state index is 0.0319. The summed E-state index contributed by atoms with van der Waals surface area (Å²) >= 11 is 5.38. The molecule has 13 heavy (non-hydrogen) atoms. The van der Waals surface area contributed by atoms with Crippen molar-refractivity contribution in [2.24, 2.45) is 0 Å². The highest BCUT2D eigenvalue weighted by atomic mass is 35.5. The largest absolute Gasteiger partial charge is 0.391 e. The van der Waals surface area contributed by atoms with Crippen LogP contribution in [0.3, 0.4) is 0 Å². The van der Waals surface area contributed by atoms with Crippen LogP contribution in [0.25, 0.3) is 0 Å². The maximum absolute atomic E-state index is 11.7. The molecule has 0 radical (unpaired) electrons. The summed E-state index contributed by atoms with van der Waals surface area (Å²) in [4.78, 5) is 0.